The minimum Gasteiger partial charge on any atom is -0.456 e. The van der Waals surface area contributed by atoms with Gasteiger partial charge in [-0.2, -0.15) is 0 Å². The van der Waals surface area contributed by atoms with Crippen LogP contribution in [0.3, 0.4) is 0 Å². The number of ether oxygens (including phenoxy) is 4. The Morgan fingerprint density at radius 1 is 0.872 bits per heavy atom. The van der Waals surface area contributed by atoms with Gasteiger partial charge in [-0.25, -0.2) is 4.79 Å². The summed E-state index contributed by atoms with van der Waals surface area (Å²) in [6, 6.07) is 16.3. The molecule has 1 heterocycles. The predicted octanol–water partition coefficient (Wildman–Crippen LogP) is 6.31. The van der Waals surface area contributed by atoms with E-state index in [1.54, 1.807) is 30.3 Å². The smallest absolute Gasteiger partial charge is 0.338 e. The number of esters is 2. The largest absolute Gasteiger partial charge is 0.456 e. The molecule has 1 fully saturated rings. The second kappa shape index (κ2) is 16.7. The fourth-order valence-electron chi connectivity index (χ4n) is 4.40. The Balaban J connectivity index is 2.10. The van der Waals surface area contributed by atoms with Gasteiger partial charge in [0.1, 0.15) is 17.9 Å². The zero-order chi connectivity index (χ0) is 35.0. The van der Waals surface area contributed by atoms with Crippen molar-refractivity contribution >= 4 is 66.7 Å². The monoisotopic (exact) mass is 729 g/mol. The van der Waals surface area contributed by atoms with Crippen LogP contribution in [0.25, 0.3) is 0 Å². The number of carbonyl (C=O) groups is 4. The van der Waals surface area contributed by atoms with Crippen LogP contribution in [0, 0.1) is 0 Å². The van der Waals surface area contributed by atoms with Crippen LogP contribution in [0.4, 0.5) is 0 Å². The number of benzene rings is 2. The standard InChI is InChI=1S/C33H42Cl3NO9Si/c1-21(38)17-18-25(39)44-28-26(37-31(41)33(34,35)36)30(46-47(5,6)32(2,3)4)43-24(20-42-19-22-13-9-7-10-14-22)27(28)45-29(40)23-15-11-8-12-16-23/h7-16,24,26-28,30H,17-20H2,1-6H3,(H,37,41)/t24-,26-,27-,28-,30+/m1/s1. The first-order valence-electron chi connectivity index (χ1n) is 15.2. The van der Waals surface area contributed by atoms with E-state index in [1.165, 1.54) is 6.92 Å². The number of hydrogen-bond acceptors (Lipinski definition) is 9. The van der Waals surface area contributed by atoms with Crippen LogP contribution in [0.1, 0.15) is 56.5 Å². The van der Waals surface area contributed by atoms with Gasteiger partial charge in [0.25, 0.3) is 9.70 Å². The number of amides is 1. The van der Waals surface area contributed by atoms with E-state index >= 15 is 0 Å². The van der Waals surface area contributed by atoms with Gasteiger partial charge in [-0.15, -0.1) is 0 Å². The molecule has 2 aromatic carbocycles. The molecule has 0 radical (unpaired) electrons. The molecule has 14 heteroatoms. The first-order valence-corrected chi connectivity index (χ1v) is 19.2. The maximum absolute atomic E-state index is 13.5. The molecule has 1 amide bonds. The molecular weight excluding hydrogens is 689 g/mol. The molecule has 1 aliphatic rings. The Morgan fingerprint density at radius 3 is 2.02 bits per heavy atom. The van der Waals surface area contributed by atoms with Crippen molar-refractivity contribution in [3.8, 4) is 0 Å². The lowest BCUT2D eigenvalue weighted by molar-refractivity contribution is -0.256. The van der Waals surface area contributed by atoms with Crippen molar-refractivity contribution in [1.29, 1.82) is 0 Å². The number of carbonyl (C=O) groups excluding carboxylic acids is 4. The van der Waals surface area contributed by atoms with Crippen molar-refractivity contribution in [3.05, 3.63) is 71.8 Å². The highest BCUT2D eigenvalue weighted by Gasteiger charge is 2.55. The van der Waals surface area contributed by atoms with Gasteiger partial charge < -0.3 is 33.5 Å². The molecule has 1 saturated heterocycles. The summed E-state index contributed by atoms with van der Waals surface area (Å²) in [6.45, 7) is 11.4. The maximum Gasteiger partial charge on any atom is 0.338 e. The lowest BCUT2D eigenvalue weighted by Gasteiger charge is -2.49. The van der Waals surface area contributed by atoms with Gasteiger partial charge in [-0.3, -0.25) is 9.59 Å². The molecule has 2 aromatic rings. The van der Waals surface area contributed by atoms with Crippen LogP contribution < -0.4 is 5.32 Å². The van der Waals surface area contributed by atoms with Crippen molar-refractivity contribution < 1.29 is 42.6 Å². The topological polar surface area (TPSA) is 126 Å². The molecule has 0 spiro atoms. The summed E-state index contributed by atoms with van der Waals surface area (Å²) >= 11 is 17.8. The molecule has 0 aliphatic carbocycles. The van der Waals surface area contributed by atoms with Crippen molar-refractivity contribution in [2.24, 2.45) is 0 Å². The van der Waals surface area contributed by atoms with Gasteiger partial charge in [-0.1, -0.05) is 104 Å². The van der Waals surface area contributed by atoms with Crippen LogP contribution >= 0.6 is 34.8 Å². The molecule has 10 nitrogen and oxygen atoms in total. The molecule has 0 unspecified atom stereocenters. The molecule has 5 atom stereocenters. The molecule has 0 aromatic heterocycles. The lowest BCUT2D eigenvalue weighted by atomic mass is 9.96. The Labute approximate surface area is 291 Å². The van der Waals surface area contributed by atoms with E-state index < -0.39 is 60.6 Å². The average Bonchev–Trinajstić information content (AvgIpc) is 2.99. The summed E-state index contributed by atoms with van der Waals surface area (Å²) in [6.07, 6.45) is -5.40. The third-order valence-electron chi connectivity index (χ3n) is 8.01. The van der Waals surface area contributed by atoms with Gasteiger partial charge in [0.05, 0.1) is 25.2 Å². The van der Waals surface area contributed by atoms with Crippen LogP contribution in [-0.2, 0) is 44.4 Å². The average molecular weight is 731 g/mol. The van der Waals surface area contributed by atoms with Crippen molar-refractivity contribution in [1.82, 2.24) is 5.32 Å². The Morgan fingerprint density at radius 2 is 1.47 bits per heavy atom. The van der Waals surface area contributed by atoms with Gasteiger partial charge >= 0.3 is 11.9 Å². The predicted molar refractivity (Wildman–Crippen MR) is 181 cm³/mol. The summed E-state index contributed by atoms with van der Waals surface area (Å²) in [7, 11) is -2.66. The van der Waals surface area contributed by atoms with Crippen molar-refractivity contribution in [2.75, 3.05) is 6.61 Å². The molecule has 0 bridgehead atoms. The second-order valence-electron chi connectivity index (χ2n) is 12.8. The summed E-state index contributed by atoms with van der Waals surface area (Å²) in [5.41, 5.74) is 1.11. The van der Waals surface area contributed by atoms with E-state index in [4.69, 9.17) is 58.2 Å². The number of Topliss-reactive ketones (excluding diaryl/α,β-unsaturated/α-hetero) is 1. The molecule has 258 valence electrons. The summed E-state index contributed by atoms with van der Waals surface area (Å²) < 4.78 is 28.7. The van der Waals surface area contributed by atoms with Crippen LogP contribution in [0.15, 0.2) is 60.7 Å². The Kier molecular flexibility index (Phi) is 13.9. The quantitative estimate of drug-likeness (QED) is 0.143. The van der Waals surface area contributed by atoms with E-state index in [0.29, 0.717) is 0 Å². The first kappa shape index (κ1) is 38.9. The van der Waals surface area contributed by atoms with Crippen LogP contribution in [-0.4, -0.2) is 73.0 Å². The van der Waals surface area contributed by atoms with Crippen LogP contribution in [0.5, 0.6) is 0 Å². The number of ketones is 1. The van der Waals surface area contributed by atoms with E-state index in [1.807, 2.05) is 64.2 Å². The molecule has 1 aliphatic heterocycles. The van der Waals surface area contributed by atoms with Gasteiger partial charge in [0.15, 0.2) is 26.8 Å². The molecule has 3 rings (SSSR count). The van der Waals surface area contributed by atoms with Crippen molar-refractivity contribution in [2.45, 2.75) is 99.7 Å². The summed E-state index contributed by atoms with van der Waals surface area (Å²) in [5.74, 6) is -2.80. The highest BCUT2D eigenvalue weighted by atomic mass is 35.6. The van der Waals surface area contributed by atoms with E-state index in [9.17, 15) is 19.2 Å². The summed E-state index contributed by atoms with van der Waals surface area (Å²) in [5, 5.41) is 2.29. The minimum atomic E-state index is -2.66. The number of alkyl halides is 3. The Bertz CT molecular complexity index is 1370. The highest BCUT2D eigenvalue weighted by molar-refractivity contribution is 6.76. The minimum absolute atomic E-state index is 0.0881. The van der Waals surface area contributed by atoms with E-state index in [2.05, 4.69) is 5.32 Å². The summed E-state index contributed by atoms with van der Waals surface area (Å²) in [4.78, 5) is 51.5. The van der Waals surface area contributed by atoms with Gasteiger partial charge in [-0.05, 0) is 42.8 Å². The van der Waals surface area contributed by atoms with Crippen LogP contribution in [0.2, 0.25) is 18.1 Å². The molecule has 0 saturated carbocycles. The zero-order valence-electron chi connectivity index (χ0n) is 27.3. The number of halogens is 3. The third kappa shape index (κ3) is 11.6. The fourth-order valence-corrected chi connectivity index (χ4v) is 5.70. The third-order valence-corrected chi connectivity index (χ3v) is 13.0. The fraction of sp³-hybridized carbons (Fsp3) is 0.515. The number of nitrogens with one attached hydrogen (secondary N) is 1. The molecule has 1 N–H and O–H groups in total. The van der Waals surface area contributed by atoms with Gasteiger partial charge in [0, 0.05) is 6.42 Å². The maximum atomic E-state index is 13.5. The van der Waals surface area contributed by atoms with E-state index in [-0.39, 0.29) is 42.4 Å². The highest BCUT2D eigenvalue weighted by Crippen LogP contribution is 2.40. The van der Waals surface area contributed by atoms with Gasteiger partial charge in [0.2, 0.25) is 0 Å². The Hall–Kier alpha value is -2.51. The number of rotatable bonds is 13. The molecule has 47 heavy (non-hydrogen) atoms. The SMILES string of the molecule is CC(=O)CCC(=O)O[C@@H]1[C@@H](NC(=O)C(Cl)(Cl)Cl)[C@H](O[Si](C)(C)C(C)(C)C)O[C@H](COCc2ccccc2)[C@H]1OC(=O)c1ccccc1. The zero-order valence-corrected chi connectivity index (χ0v) is 30.6. The lowest BCUT2D eigenvalue weighted by Crippen LogP contribution is -2.69. The normalized spacial score (nSPS) is 21.9. The van der Waals surface area contributed by atoms with Crippen molar-refractivity contribution in [3.63, 3.8) is 0 Å². The molecular formula is C33H42Cl3NO9Si. The number of hydrogen-bond donors (Lipinski definition) is 1. The first-order chi connectivity index (χ1) is 21.9. The second-order valence-corrected chi connectivity index (χ2v) is 19.8. The van der Waals surface area contributed by atoms with E-state index in [0.717, 1.165) is 5.56 Å².